The molecular weight excluding hydrogens is 358 g/mol. The van der Waals surface area contributed by atoms with Gasteiger partial charge in [-0.3, -0.25) is 19.1 Å². The largest absolute Gasteiger partial charge is 0.361 e. The molecule has 0 unspecified atom stereocenters. The van der Waals surface area contributed by atoms with Gasteiger partial charge < -0.3 is 4.74 Å². The van der Waals surface area contributed by atoms with Crippen LogP contribution in [0.1, 0.15) is 59.4 Å². The quantitative estimate of drug-likeness (QED) is 0.586. The first-order valence-electron chi connectivity index (χ1n) is 8.97. The van der Waals surface area contributed by atoms with E-state index >= 15 is 0 Å². The lowest BCUT2D eigenvalue weighted by Crippen LogP contribution is -2.38. The van der Waals surface area contributed by atoms with Crippen LogP contribution in [0.2, 0.25) is 0 Å². The Morgan fingerprint density at radius 3 is 2.64 bits per heavy atom. The predicted octanol–water partition coefficient (Wildman–Crippen LogP) is 2.73. The number of H-pyrrole nitrogens is 1. The van der Waals surface area contributed by atoms with Crippen LogP contribution in [0.25, 0.3) is 6.08 Å². The minimum Gasteiger partial charge on any atom is -0.361 e. The fourth-order valence-corrected chi connectivity index (χ4v) is 2.98. The molecule has 0 amide bonds. The average molecular weight is 381 g/mol. The summed E-state index contributed by atoms with van der Waals surface area (Å²) in [6, 6.07) is 7.06. The average Bonchev–Trinajstić information content (AvgIpc) is 2.63. The first-order valence-corrected chi connectivity index (χ1v) is 8.97. The third-order valence-corrected chi connectivity index (χ3v) is 4.16. The van der Waals surface area contributed by atoms with Crippen molar-refractivity contribution in [1.82, 2.24) is 9.55 Å². The SMILES string of the molecule is CCOCn1c(C(=O)c2cc(C)cc(/C=C/C#N)c2)c(C(C)C)c(=O)[nH]c1=O. The molecule has 0 atom stereocenters. The van der Waals surface area contributed by atoms with Gasteiger partial charge in [-0.05, 0) is 49.1 Å². The minimum absolute atomic E-state index is 0.0259. The Morgan fingerprint density at radius 2 is 2.04 bits per heavy atom. The zero-order chi connectivity index (χ0) is 20.8. The fraction of sp³-hybridized carbons (Fsp3) is 0.333. The van der Waals surface area contributed by atoms with Crippen LogP contribution in [0.3, 0.4) is 0 Å². The summed E-state index contributed by atoms with van der Waals surface area (Å²) in [7, 11) is 0. The summed E-state index contributed by atoms with van der Waals surface area (Å²) in [5.41, 5.74) is 0.821. The molecule has 0 aliphatic carbocycles. The number of carbonyl (C=O) groups is 1. The summed E-state index contributed by atoms with van der Waals surface area (Å²) in [5, 5.41) is 8.74. The molecule has 0 radical (unpaired) electrons. The number of aryl methyl sites for hydroxylation is 1. The van der Waals surface area contributed by atoms with Crippen molar-refractivity contribution in [2.75, 3.05) is 6.61 Å². The number of benzene rings is 1. The van der Waals surface area contributed by atoms with E-state index < -0.39 is 17.0 Å². The Hall–Kier alpha value is -3.24. The van der Waals surface area contributed by atoms with E-state index in [1.807, 2.05) is 19.1 Å². The maximum atomic E-state index is 13.4. The van der Waals surface area contributed by atoms with Crippen molar-refractivity contribution in [2.24, 2.45) is 0 Å². The zero-order valence-corrected chi connectivity index (χ0v) is 16.4. The van der Waals surface area contributed by atoms with Gasteiger partial charge in [-0.2, -0.15) is 5.26 Å². The van der Waals surface area contributed by atoms with E-state index in [1.54, 1.807) is 39.0 Å². The molecule has 0 aliphatic rings. The maximum Gasteiger partial charge on any atom is 0.330 e. The summed E-state index contributed by atoms with van der Waals surface area (Å²) in [6.07, 6.45) is 2.92. The highest BCUT2D eigenvalue weighted by Crippen LogP contribution is 2.20. The van der Waals surface area contributed by atoms with Gasteiger partial charge in [0.1, 0.15) is 12.4 Å². The molecule has 2 rings (SSSR count). The number of nitrogens with zero attached hydrogens (tertiary/aromatic N) is 2. The highest BCUT2D eigenvalue weighted by Gasteiger charge is 2.24. The molecule has 146 valence electrons. The van der Waals surface area contributed by atoms with Crippen molar-refractivity contribution >= 4 is 11.9 Å². The van der Waals surface area contributed by atoms with Crippen molar-refractivity contribution in [2.45, 2.75) is 40.3 Å². The van der Waals surface area contributed by atoms with Crippen LogP contribution in [0, 0.1) is 18.3 Å². The monoisotopic (exact) mass is 381 g/mol. The van der Waals surface area contributed by atoms with Crippen molar-refractivity contribution in [1.29, 1.82) is 5.26 Å². The lowest BCUT2D eigenvalue weighted by molar-refractivity contribution is 0.0783. The van der Waals surface area contributed by atoms with Gasteiger partial charge >= 0.3 is 5.69 Å². The molecule has 1 heterocycles. The normalized spacial score (nSPS) is 11.1. The number of aromatic amines is 1. The number of hydrogen-bond donors (Lipinski definition) is 1. The zero-order valence-electron chi connectivity index (χ0n) is 16.4. The van der Waals surface area contributed by atoms with E-state index in [0.717, 1.165) is 10.1 Å². The molecule has 0 saturated carbocycles. The van der Waals surface area contributed by atoms with E-state index in [4.69, 9.17) is 10.00 Å². The summed E-state index contributed by atoms with van der Waals surface area (Å²) >= 11 is 0. The summed E-state index contributed by atoms with van der Waals surface area (Å²) in [4.78, 5) is 40.5. The second kappa shape index (κ2) is 9.11. The third kappa shape index (κ3) is 4.53. The van der Waals surface area contributed by atoms with E-state index in [1.165, 1.54) is 6.08 Å². The first-order chi connectivity index (χ1) is 13.3. The topological polar surface area (TPSA) is 105 Å². The number of aromatic nitrogens is 2. The molecule has 1 N–H and O–H groups in total. The van der Waals surface area contributed by atoms with Gasteiger partial charge in [0.05, 0.1) is 6.07 Å². The van der Waals surface area contributed by atoms with Crippen LogP contribution < -0.4 is 11.2 Å². The van der Waals surface area contributed by atoms with Crippen molar-refractivity contribution < 1.29 is 9.53 Å². The number of ether oxygens (including phenoxy) is 1. The first kappa shape index (κ1) is 21.1. The lowest BCUT2D eigenvalue weighted by atomic mass is 9.95. The highest BCUT2D eigenvalue weighted by molar-refractivity contribution is 6.09. The highest BCUT2D eigenvalue weighted by atomic mass is 16.5. The van der Waals surface area contributed by atoms with E-state index in [-0.39, 0.29) is 23.9 Å². The van der Waals surface area contributed by atoms with Crippen LogP contribution >= 0.6 is 0 Å². The van der Waals surface area contributed by atoms with Gasteiger partial charge in [-0.25, -0.2) is 4.79 Å². The number of carbonyl (C=O) groups excluding carboxylic acids is 1. The van der Waals surface area contributed by atoms with Gasteiger partial charge in [0, 0.05) is 23.8 Å². The minimum atomic E-state index is -0.691. The Bertz CT molecular complexity index is 1070. The van der Waals surface area contributed by atoms with Crippen LogP contribution in [-0.4, -0.2) is 21.9 Å². The molecule has 0 saturated heterocycles. The van der Waals surface area contributed by atoms with E-state index in [9.17, 15) is 14.4 Å². The van der Waals surface area contributed by atoms with Crippen LogP contribution in [0.5, 0.6) is 0 Å². The lowest BCUT2D eigenvalue weighted by Gasteiger charge is -2.17. The summed E-state index contributed by atoms with van der Waals surface area (Å²) < 4.78 is 6.51. The molecule has 28 heavy (non-hydrogen) atoms. The Balaban J connectivity index is 2.75. The molecule has 0 bridgehead atoms. The van der Waals surface area contributed by atoms with E-state index in [2.05, 4.69) is 4.98 Å². The standard InChI is InChI=1S/C21H23N3O4/c1-5-28-12-24-18(17(13(2)3)20(26)23-21(24)27)19(25)16-10-14(4)9-15(11-16)7-6-8-22/h6-7,9-11,13H,5,12H2,1-4H3,(H,23,26,27)/b7-6+. The number of hydrogen-bond acceptors (Lipinski definition) is 5. The van der Waals surface area contributed by atoms with Crippen molar-refractivity contribution in [3.05, 3.63) is 73.1 Å². The van der Waals surface area contributed by atoms with Crippen molar-refractivity contribution in [3.8, 4) is 6.07 Å². The van der Waals surface area contributed by atoms with E-state index in [0.29, 0.717) is 17.7 Å². The molecule has 7 heteroatoms. The third-order valence-electron chi connectivity index (χ3n) is 4.16. The molecule has 0 spiro atoms. The fourth-order valence-electron chi connectivity index (χ4n) is 2.98. The number of allylic oxidation sites excluding steroid dienone is 1. The molecular formula is C21H23N3O4. The summed E-state index contributed by atoms with van der Waals surface area (Å²) in [6.45, 7) is 7.39. The maximum absolute atomic E-state index is 13.4. The Labute approximate surface area is 162 Å². The second-order valence-electron chi connectivity index (χ2n) is 6.65. The smallest absolute Gasteiger partial charge is 0.330 e. The van der Waals surface area contributed by atoms with Crippen LogP contribution in [0.4, 0.5) is 0 Å². The predicted molar refractivity (Wildman–Crippen MR) is 106 cm³/mol. The van der Waals surface area contributed by atoms with Gasteiger partial charge in [-0.1, -0.05) is 19.9 Å². The van der Waals surface area contributed by atoms with Gasteiger partial charge in [-0.15, -0.1) is 0 Å². The number of ketones is 1. The van der Waals surface area contributed by atoms with Gasteiger partial charge in [0.2, 0.25) is 5.78 Å². The Kier molecular flexibility index (Phi) is 6.85. The summed E-state index contributed by atoms with van der Waals surface area (Å²) in [5.74, 6) is -0.721. The van der Waals surface area contributed by atoms with Crippen LogP contribution in [-0.2, 0) is 11.5 Å². The number of nitrogens with one attached hydrogen (secondary N) is 1. The number of nitriles is 1. The van der Waals surface area contributed by atoms with Crippen LogP contribution in [0.15, 0.2) is 33.9 Å². The second-order valence-corrected chi connectivity index (χ2v) is 6.65. The molecule has 0 aliphatic heterocycles. The molecule has 2 aromatic rings. The van der Waals surface area contributed by atoms with Gasteiger partial charge in [0.15, 0.2) is 0 Å². The Morgan fingerprint density at radius 1 is 1.32 bits per heavy atom. The molecule has 1 aromatic carbocycles. The molecule has 0 fully saturated rings. The molecule has 7 nitrogen and oxygen atoms in total. The van der Waals surface area contributed by atoms with Gasteiger partial charge in [0.25, 0.3) is 5.56 Å². The molecule has 1 aromatic heterocycles. The van der Waals surface area contributed by atoms with Crippen molar-refractivity contribution in [3.63, 3.8) is 0 Å². The number of rotatable bonds is 7.